The lowest BCUT2D eigenvalue weighted by Gasteiger charge is -2.13. The largest absolute Gasteiger partial charge is 0.339 e. The molecular weight excluding hydrogens is 254 g/mol. The summed E-state index contributed by atoms with van der Waals surface area (Å²) in [6.45, 7) is 2.93. The molecule has 0 radical (unpaired) electrons. The average Bonchev–Trinajstić information content (AvgIpc) is 2.95. The minimum Gasteiger partial charge on any atom is -0.339 e. The number of nitrogens with two attached hydrogens (primary N) is 1. The van der Waals surface area contributed by atoms with Gasteiger partial charge in [0.2, 0.25) is 17.5 Å². The number of hydrogen-bond donors (Lipinski definition) is 1. The Hall–Kier alpha value is -1.82. The van der Waals surface area contributed by atoms with Crippen molar-refractivity contribution in [3.05, 3.63) is 24.4 Å². The van der Waals surface area contributed by atoms with E-state index in [4.69, 9.17) is 10.3 Å². The lowest BCUT2D eigenvalue weighted by atomic mass is 9.94. The summed E-state index contributed by atoms with van der Waals surface area (Å²) in [5, 5.41) is 3.92. The van der Waals surface area contributed by atoms with Crippen LogP contribution in [-0.4, -0.2) is 26.7 Å². The molecular formula is C14H21N5O. The molecule has 1 atom stereocenters. The van der Waals surface area contributed by atoms with Crippen molar-refractivity contribution in [1.82, 2.24) is 20.1 Å². The summed E-state index contributed by atoms with van der Waals surface area (Å²) >= 11 is 0. The summed E-state index contributed by atoms with van der Waals surface area (Å²) in [7, 11) is 0. The molecule has 2 N–H and O–H groups in total. The summed E-state index contributed by atoms with van der Waals surface area (Å²) in [5.41, 5.74) is 5.64. The van der Waals surface area contributed by atoms with Crippen LogP contribution in [0.4, 0.5) is 0 Å². The van der Waals surface area contributed by atoms with E-state index in [-0.39, 0.29) is 0 Å². The molecule has 0 saturated carbocycles. The molecule has 0 saturated heterocycles. The van der Waals surface area contributed by atoms with E-state index in [0.29, 0.717) is 23.5 Å². The van der Waals surface area contributed by atoms with Gasteiger partial charge < -0.3 is 10.3 Å². The van der Waals surface area contributed by atoms with Gasteiger partial charge in [0.15, 0.2) is 0 Å². The Labute approximate surface area is 118 Å². The van der Waals surface area contributed by atoms with Gasteiger partial charge in [0, 0.05) is 18.8 Å². The molecule has 2 aromatic heterocycles. The molecule has 2 aromatic rings. The van der Waals surface area contributed by atoms with Gasteiger partial charge in [-0.3, -0.25) is 0 Å². The van der Waals surface area contributed by atoms with Crippen LogP contribution >= 0.6 is 0 Å². The highest BCUT2D eigenvalue weighted by molar-refractivity contribution is 5.40. The smallest absolute Gasteiger partial charge is 0.240 e. The lowest BCUT2D eigenvalue weighted by Crippen LogP contribution is -2.09. The number of nitrogens with zero attached hydrogens (tertiary/aromatic N) is 4. The van der Waals surface area contributed by atoms with Crippen LogP contribution in [0, 0.1) is 5.92 Å². The van der Waals surface area contributed by atoms with Crippen LogP contribution in [0.15, 0.2) is 23.0 Å². The Morgan fingerprint density at radius 1 is 1.15 bits per heavy atom. The maximum absolute atomic E-state index is 5.64. The van der Waals surface area contributed by atoms with Crippen molar-refractivity contribution in [3.8, 4) is 11.6 Å². The number of aryl methyl sites for hydroxylation is 1. The SMILES string of the molecule is CCCC(CCN)CCc1nc(-c2ncccn2)no1. The second-order valence-corrected chi connectivity index (χ2v) is 4.85. The molecule has 20 heavy (non-hydrogen) atoms. The van der Waals surface area contributed by atoms with E-state index in [0.717, 1.165) is 25.8 Å². The summed E-state index contributed by atoms with van der Waals surface area (Å²) in [6.07, 6.45) is 8.56. The Morgan fingerprint density at radius 2 is 1.95 bits per heavy atom. The van der Waals surface area contributed by atoms with Crippen molar-refractivity contribution in [3.63, 3.8) is 0 Å². The Morgan fingerprint density at radius 3 is 2.65 bits per heavy atom. The summed E-state index contributed by atoms with van der Waals surface area (Å²) < 4.78 is 5.25. The van der Waals surface area contributed by atoms with Gasteiger partial charge in [0.1, 0.15) is 0 Å². The van der Waals surface area contributed by atoms with E-state index in [9.17, 15) is 0 Å². The quantitative estimate of drug-likeness (QED) is 0.794. The van der Waals surface area contributed by atoms with E-state index < -0.39 is 0 Å². The molecule has 2 rings (SSSR count). The van der Waals surface area contributed by atoms with Gasteiger partial charge in [-0.25, -0.2) is 9.97 Å². The molecule has 0 aliphatic heterocycles. The molecule has 0 spiro atoms. The molecule has 6 heteroatoms. The summed E-state index contributed by atoms with van der Waals surface area (Å²) in [5.74, 6) is 2.22. The second-order valence-electron chi connectivity index (χ2n) is 4.85. The Kier molecular flexibility index (Phi) is 5.61. The van der Waals surface area contributed by atoms with Crippen molar-refractivity contribution in [1.29, 1.82) is 0 Å². The monoisotopic (exact) mass is 275 g/mol. The first-order valence-corrected chi connectivity index (χ1v) is 7.13. The highest BCUT2D eigenvalue weighted by Gasteiger charge is 2.13. The topological polar surface area (TPSA) is 90.7 Å². The standard InChI is InChI=1S/C14H21N5O/c1-2-4-11(7-8-15)5-6-12-18-14(19-20-12)13-16-9-3-10-17-13/h3,9-11H,2,4-8,15H2,1H3. The molecule has 2 heterocycles. The summed E-state index contributed by atoms with van der Waals surface area (Å²) in [6, 6.07) is 1.76. The molecule has 0 bridgehead atoms. The third-order valence-corrected chi connectivity index (χ3v) is 3.27. The van der Waals surface area contributed by atoms with Gasteiger partial charge in [-0.15, -0.1) is 0 Å². The van der Waals surface area contributed by atoms with Crippen molar-refractivity contribution >= 4 is 0 Å². The fraction of sp³-hybridized carbons (Fsp3) is 0.571. The van der Waals surface area contributed by atoms with E-state index >= 15 is 0 Å². The van der Waals surface area contributed by atoms with Crippen molar-refractivity contribution in [2.24, 2.45) is 11.7 Å². The summed E-state index contributed by atoms with van der Waals surface area (Å²) in [4.78, 5) is 12.5. The van der Waals surface area contributed by atoms with Crippen molar-refractivity contribution in [2.75, 3.05) is 6.54 Å². The van der Waals surface area contributed by atoms with Crippen molar-refractivity contribution < 1.29 is 4.52 Å². The minimum atomic E-state index is 0.450. The molecule has 0 amide bonds. The minimum absolute atomic E-state index is 0.450. The maximum Gasteiger partial charge on any atom is 0.240 e. The van der Waals surface area contributed by atoms with Gasteiger partial charge in [-0.05, 0) is 31.4 Å². The van der Waals surface area contributed by atoms with Gasteiger partial charge in [-0.1, -0.05) is 24.9 Å². The zero-order valence-electron chi connectivity index (χ0n) is 11.8. The van der Waals surface area contributed by atoms with Crippen LogP contribution in [-0.2, 0) is 6.42 Å². The fourth-order valence-electron chi connectivity index (χ4n) is 2.27. The first-order valence-electron chi connectivity index (χ1n) is 7.13. The van der Waals surface area contributed by atoms with Crippen LogP contribution in [0.5, 0.6) is 0 Å². The third kappa shape index (κ3) is 4.09. The van der Waals surface area contributed by atoms with E-state index in [2.05, 4.69) is 27.0 Å². The molecule has 0 aliphatic rings. The van der Waals surface area contributed by atoms with Crippen LogP contribution in [0.25, 0.3) is 11.6 Å². The van der Waals surface area contributed by atoms with E-state index in [1.165, 1.54) is 12.8 Å². The average molecular weight is 275 g/mol. The van der Waals surface area contributed by atoms with Crippen molar-refractivity contribution in [2.45, 2.75) is 39.0 Å². The van der Waals surface area contributed by atoms with Crippen LogP contribution in [0.2, 0.25) is 0 Å². The highest BCUT2D eigenvalue weighted by atomic mass is 16.5. The predicted octanol–water partition coefficient (Wildman–Crippen LogP) is 2.22. The number of rotatable bonds is 8. The van der Waals surface area contributed by atoms with Crippen LogP contribution < -0.4 is 5.73 Å². The molecule has 1 unspecified atom stereocenters. The highest BCUT2D eigenvalue weighted by Crippen LogP contribution is 2.18. The number of aromatic nitrogens is 4. The maximum atomic E-state index is 5.64. The van der Waals surface area contributed by atoms with Gasteiger partial charge in [0.25, 0.3) is 0 Å². The predicted molar refractivity (Wildman–Crippen MR) is 75.7 cm³/mol. The molecule has 0 aromatic carbocycles. The fourth-order valence-corrected chi connectivity index (χ4v) is 2.27. The van der Waals surface area contributed by atoms with E-state index in [1.807, 2.05) is 0 Å². The Balaban J connectivity index is 1.92. The third-order valence-electron chi connectivity index (χ3n) is 3.27. The van der Waals surface area contributed by atoms with Gasteiger partial charge >= 0.3 is 0 Å². The molecule has 0 aliphatic carbocycles. The second kappa shape index (κ2) is 7.69. The van der Waals surface area contributed by atoms with Gasteiger partial charge in [0.05, 0.1) is 0 Å². The lowest BCUT2D eigenvalue weighted by molar-refractivity contribution is 0.349. The van der Waals surface area contributed by atoms with E-state index in [1.54, 1.807) is 18.5 Å². The first-order chi connectivity index (χ1) is 9.83. The molecule has 6 nitrogen and oxygen atoms in total. The molecule has 108 valence electrons. The zero-order chi connectivity index (χ0) is 14.2. The zero-order valence-corrected chi connectivity index (χ0v) is 11.8. The van der Waals surface area contributed by atoms with Gasteiger partial charge in [-0.2, -0.15) is 4.98 Å². The Bertz CT molecular complexity index is 493. The van der Waals surface area contributed by atoms with Crippen LogP contribution in [0.3, 0.4) is 0 Å². The van der Waals surface area contributed by atoms with Crippen LogP contribution in [0.1, 0.15) is 38.5 Å². The molecule has 0 fully saturated rings. The number of hydrogen-bond acceptors (Lipinski definition) is 6. The first kappa shape index (κ1) is 14.6. The normalized spacial score (nSPS) is 12.5.